The van der Waals surface area contributed by atoms with Crippen LogP contribution in [0, 0.1) is 5.92 Å². The zero-order chi connectivity index (χ0) is 19.2. The van der Waals surface area contributed by atoms with Gasteiger partial charge in [0, 0.05) is 31.2 Å². The topological polar surface area (TPSA) is 82.4 Å². The van der Waals surface area contributed by atoms with Crippen LogP contribution in [-0.4, -0.2) is 41.6 Å². The zero-order valence-corrected chi connectivity index (χ0v) is 16.2. The van der Waals surface area contributed by atoms with Crippen molar-refractivity contribution in [3.8, 4) is 0 Å². The molecule has 3 rings (SSSR count). The molecule has 0 aliphatic carbocycles. The van der Waals surface area contributed by atoms with Crippen molar-refractivity contribution in [2.75, 3.05) is 13.6 Å². The number of carbonyl (C=O) groups excluding carboxylic acids is 1. The van der Waals surface area contributed by atoms with E-state index in [0.717, 1.165) is 13.0 Å². The smallest absolute Gasteiger partial charge is 0.273 e. The van der Waals surface area contributed by atoms with Crippen LogP contribution in [-0.2, 0) is 13.1 Å². The molecule has 1 fully saturated rings. The normalized spacial score (nSPS) is 22.3. The second-order valence-electron chi connectivity index (χ2n) is 7.41. The molecule has 2 aromatic rings. The van der Waals surface area contributed by atoms with Gasteiger partial charge in [0.2, 0.25) is 0 Å². The fourth-order valence-corrected chi connectivity index (χ4v) is 3.56. The maximum Gasteiger partial charge on any atom is 0.273 e. The summed E-state index contributed by atoms with van der Waals surface area (Å²) in [4.78, 5) is 14.4. The molecule has 2 unspecified atom stereocenters. The van der Waals surface area contributed by atoms with Gasteiger partial charge in [-0.1, -0.05) is 35.5 Å². The highest BCUT2D eigenvalue weighted by molar-refractivity contribution is 5.92. The Morgan fingerprint density at radius 2 is 1.89 bits per heavy atom. The fraction of sp³-hybridized carbons (Fsp3) is 0.500. The predicted molar refractivity (Wildman–Crippen MR) is 104 cm³/mol. The molecular weight excluding hydrogens is 342 g/mol. The van der Waals surface area contributed by atoms with Gasteiger partial charge in [0.05, 0.1) is 6.54 Å². The lowest BCUT2D eigenvalue weighted by Gasteiger charge is -2.17. The van der Waals surface area contributed by atoms with Crippen molar-refractivity contribution in [3.63, 3.8) is 0 Å². The summed E-state index contributed by atoms with van der Waals surface area (Å²) in [6.07, 6.45) is 0.915. The molecule has 146 valence electrons. The molecule has 2 atom stereocenters. The van der Waals surface area contributed by atoms with Crippen LogP contribution in [0.5, 0.6) is 0 Å². The molecule has 3 N–H and O–H groups in total. The van der Waals surface area contributed by atoms with Crippen LogP contribution >= 0.6 is 0 Å². The molecule has 2 heterocycles. The third kappa shape index (κ3) is 5.38. The Morgan fingerprint density at radius 3 is 2.59 bits per heavy atom. The maximum absolute atomic E-state index is 12.3. The summed E-state index contributed by atoms with van der Waals surface area (Å²) in [5.74, 6) is 0.991. The second-order valence-corrected chi connectivity index (χ2v) is 7.41. The van der Waals surface area contributed by atoms with E-state index in [2.05, 4.69) is 52.2 Å². The van der Waals surface area contributed by atoms with E-state index in [1.54, 1.807) is 6.07 Å². The van der Waals surface area contributed by atoms with E-state index in [-0.39, 0.29) is 5.91 Å². The third-order valence-corrected chi connectivity index (χ3v) is 5.10. The summed E-state index contributed by atoms with van der Waals surface area (Å²) < 4.78 is 5.34. The number of benzene rings is 1. The van der Waals surface area contributed by atoms with Crippen molar-refractivity contribution in [3.05, 3.63) is 53.4 Å². The number of rotatable bonds is 8. The first-order valence-electron chi connectivity index (χ1n) is 9.50. The molecule has 27 heavy (non-hydrogen) atoms. The van der Waals surface area contributed by atoms with Gasteiger partial charge < -0.3 is 9.84 Å². The Labute approximate surface area is 160 Å². The Bertz CT molecular complexity index is 723. The third-order valence-electron chi connectivity index (χ3n) is 5.10. The van der Waals surface area contributed by atoms with Gasteiger partial charge in [0.15, 0.2) is 11.5 Å². The summed E-state index contributed by atoms with van der Waals surface area (Å²) in [5.41, 5.74) is 8.03. The summed E-state index contributed by atoms with van der Waals surface area (Å²) >= 11 is 0. The first-order valence-corrected chi connectivity index (χ1v) is 9.50. The molecule has 7 nitrogen and oxygen atoms in total. The number of hydrogen-bond acceptors (Lipinski definition) is 6. The Morgan fingerprint density at radius 1 is 1.19 bits per heavy atom. The van der Waals surface area contributed by atoms with E-state index in [9.17, 15) is 4.79 Å². The maximum atomic E-state index is 12.3. The molecule has 1 aliphatic rings. The average molecular weight is 371 g/mol. The molecule has 0 spiro atoms. The molecule has 0 saturated carbocycles. The van der Waals surface area contributed by atoms with Crippen LogP contribution in [0.1, 0.15) is 42.1 Å². The van der Waals surface area contributed by atoms with Gasteiger partial charge in [-0.25, -0.2) is 0 Å². The van der Waals surface area contributed by atoms with Crippen LogP contribution in [0.25, 0.3) is 0 Å². The quantitative estimate of drug-likeness (QED) is 0.658. The summed E-state index contributed by atoms with van der Waals surface area (Å²) in [5, 5.41) is 6.86. The van der Waals surface area contributed by atoms with E-state index < -0.39 is 0 Å². The van der Waals surface area contributed by atoms with E-state index in [4.69, 9.17) is 4.52 Å². The fourth-order valence-electron chi connectivity index (χ4n) is 3.56. The second kappa shape index (κ2) is 9.12. The standard InChI is InChI=1S/C20H29N5O2/c1-14-18(15(2)23-22-14)9-10-21-20(26)19-11-17(27-24-19)13-25(3)12-16-7-5-4-6-8-16/h4-8,11,14-15,18,22-23H,9-10,12-13H2,1-3H3,(H,21,26). The van der Waals surface area contributed by atoms with Crippen LogP contribution in [0.15, 0.2) is 40.9 Å². The molecule has 0 bridgehead atoms. The van der Waals surface area contributed by atoms with Crippen molar-refractivity contribution in [1.29, 1.82) is 0 Å². The van der Waals surface area contributed by atoms with Gasteiger partial charge in [0.25, 0.3) is 5.91 Å². The van der Waals surface area contributed by atoms with Gasteiger partial charge in [-0.05, 0) is 38.8 Å². The highest BCUT2D eigenvalue weighted by Crippen LogP contribution is 2.17. The van der Waals surface area contributed by atoms with Gasteiger partial charge in [0.1, 0.15) is 0 Å². The highest BCUT2D eigenvalue weighted by atomic mass is 16.5. The van der Waals surface area contributed by atoms with E-state index in [0.29, 0.717) is 42.5 Å². The number of amides is 1. The SMILES string of the molecule is CC1NNC(C)C1CCNC(=O)c1cc(CN(C)Cc2ccccc2)on1. The summed E-state index contributed by atoms with van der Waals surface area (Å²) in [6, 6.07) is 12.8. The number of hydrogen-bond donors (Lipinski definition) is 3. The largest absolute Gasteiger partial charge is 0.359 e. The van der Waals surface area contributed by atoms with Gasteiger partial charge in [-0.3, -0.25) is 20.5 Å². The first kappa shape index (κ1) is 19.5. The Balaban J connectivity index is 1.44. The molecule has 7 heteroatoms. The molecule has 1 saturated heterocycles. The number of nitrogens with zero attached hydrogens (tertiary/aromatic N) is 2. The Kier molecular flexibility index (Phi) is 6.60. The van der Waals surface area contributed by atoms with E-state index in [1.165, 1.54) is 5.56 Å². The van der Waals surface area contributed by atoms with Crippen LogP contribution in [0.4, 0.5) is 0 Å². The number of nitrogens with one attached hydrogen (secondary N) is 3. The average Bonchev–Trinajstić information content (AvgIpc) is 3.24. The van der Waals surface area contributed by atoms with Gasteiger partial charge in [-0.2, -0.15) is 0 Å². The lowest BCUT2D eigenvalue weighted by atomic mass is 9.93. The monoisotopic (exact) mass is 371 g/mol. The van der Waals surface area contributed by atoms with Crippen molar-refractivity contribution in [1.82, 2.24) is 26.2 Å². The van der Waals surface area contributed by atoms with Crippen molar-refractivity contribution >= 4 is 5.91 Å². The molecule has 0 radical (unpaired) electrons. The number of aromatic nitrogens is 1. The molecule has 1 aromatic carbocycles. The van der Waals surface area contributed by atoms with Crippen LogP contribution in [0.2, 0.25) is 0 Å². The van der Waals surface area contributed by atoms with Crippen molar-refractivity contribution in [2.24, 2.45) is 5.92 Å². The van der Waals surface area contributed by atoms with Crippen LogP contribution < -0.4 is 16.2 Å². The molecule has 1 amide bonds. The minimum Gasteiger partial charge on any atom is -0.359 e. The van der Waals surface area contributed by atoms with Crippen molar-refractivity contribution in [2.45, 2.75) is 45.4 Å². The summed E-state index contributed by atoms with van der Waals surface area (Å²) in [7, 11) is 2.02. The zero-order valence-electron chi connectivity index (χ0n) is 16.2. The highest BCUT2D eigenvalue weighted by Gasteiger charge is 2.29. The van der Waals surface area contributed by atoms with E-state index in [1.807, 2.05) is 25.2 Å². The molecular formula is C20H29N5O2. The first-order chi connectivity index (χ1) is 13.0. The van der Waals surface area contributed by atoms with Crippen LogP contribution in [0.3, 0.4) is 0 Å². The molecule has 1 aliphatic heterocycles. The van der Waals surface area contributed by atoms with E-state index >= 15 is 0 Å². The van der Waals surface area contributed by atoms with Gasteiger partial charge in [-0.15, -0.1) is 0 Å². The Hall–Kier alpha value is -2.22. The van der Waals surface area contributed by atoms with Gasteiger partial charge >= 0.3 is 0 Å². The predicted octanol–water partition coefficient (Wildman–Crippen LogP) is 1.93. The molecule has 1 aromatic heterocycles. The lowest BCUT2D eigenvalue weighted by molar-refractivity contribution is 0.0941. The summed E-state index contributed by atoms with van der Waals surface area (Å²) in [6.45, 7) is 6.34. The minimum atomic E-state index is -0.185. The minimum absolute atomic E-state index is 0.185. The number of carbonyl (C=O) groups is 1. The number of hydrazine groups is 1. The van der Waals surface area contributed by atoms with Crippen molar-refractivity contribution < 1.29 is 9.32 Å². The lowest BCUT2D eigenvalue weighted by Crippen LogP contribution is -2.31.